The van der Waals surface area contributed by atoms with E-state index in [0.717, 1.165) is 40.8 Å². The van der Waals surface area contributed by atoms with E-state index in [2.05, 4.69) is 24.8 Å². The number of nitrogens with zero attached hydrogens (tertiary/aromatic N) is 1. The third-order valence-corrected chi connectivity index (χ3v) is 5.53. The van der Waals surface area contributed by atoms with Crippen molar-refractivity contribution >= 4 is 11.1 Å². The first-order valence-electron chi connectivity index (χ1n) is 11.6. The number of benzene rings is 3. The van der Waals surface area contributed by atoms with Crippen molar-refractivity contribution in [3.8, 4) is 23.0 Å². The minimum Gasteiger partial charge on any atom is -0.508 e. The maximum Gasteiger partial charge on any atom is 0.161 e. The topological polar surface area (TPSA) is 62.2 Å². The van der Waals surface area contributed by atoms with Gasteiger partial charge in [0.05, 0.1) is 7.11 Å². The van der Waals surface area contributed by atoms with Crippen molar-refractivity contribution in [2.75, 3.05) is 34.4 Å². The van der Waals surface area contributed by atoms with Gasteiger partial charge in [-0.2, -0.15) is 0 Å². The number of aromatic hydroxyl groups is 2. The van der Waals surface area contributed by atoms with Gasteiger partial charge in [-0.3, -0.25) is 0 Å². The molecule has 5 heteroatoms. The summed E-state index contributed by atoms with van der Waals surface area (Å²) in [6.07, 6.45) is 0.834. The molecule has 5 nitrogen and oxygen atoms in total. The zero-order valence-electron chi connectivity index (χ0n) is 20.7. The van der Waals surface area contributed by atoms with Crippen LogP contribution in [0.3, 0.4) is 0 Å². The summed E-state index contributed by atoms with van der Waals surface area (Å²) < 4.78 is 11.7. The van der Waals surface area contributed by atoms with Gasteiger partial charge in [-0.1, -0.05) is 44.2 Å². The molecule has 0 unspecified atom stereocenters. The fourth-order valence-electron chi connectivity index (χ4n) is 3.86. The fourth-order valence-corrected chi connectivity index (χ4v) is 3.86. The molecule has 2 N–H and O–H groups in total. The lowest BCUT2D eigenvalue weighted by Gasteiger charge is -2.21. The molecule has 180 valence electrons. The van der Waals surface area contributed by atoms with Crippen molar-refractivity contribution in [3.05, 3.63) is 83.4 Å². The van der Waals surface area contributed by atoms with Crippen molar-refractivity contribution in [2.24, 2.45) is 5.92 Å². The molecule has 0 bridgehead atoms. The average molecular weight is 462 g/mol. The summed E-state index contributed by atoms with van der Waals surface area (Å²) in [5.41, 5.74) is 5.23. The number of rotatable bonds is 10. The molecule has 3 aromatic carbocycles. The third-order valence-electron chi connectivity index (χ3n) is 5.53. The second kappa shape index (κ2) is 11.6. The normalized spacial score (nSPS) is 11.0. The zero-order valence-corrected chi connectivity index (χ0v) is 20.7. The number of allylic oxidation sites excluding steroid dienone is 1. The highest BCUT2D eigenvalue weighted by Crippen LogP contribution is 2.40. The largest absolute Gasteiger partial charge is 0.508 e. The number of hydrogen-bond acceptors (Lipinski definition) is 5. The van der Waals surface area contributed by atoms with E-state index >= 15 is 0 Å². The Bertz CT molecular complexity index is 1050. The summed E-state index contributed by atoms with van der Waals surface area (Å²) in [4.78, 5) is 2.08. The second-order valence-electron chi connectivity index (χ2n) is 9.06. The predicted octanol–water partition coefficient (Wildman–Crippen LogP) is 6.05. The summed E-state index contributed by atoms with van der Waals surface area (Å²) >= 11 is 0. The molecule has 0 saturated heterocycles. The third kappa shape index (κ3) is 6.55. The van der Waals surface area contributed by atoms with E-state index in [1.165, 1.54) is 0 Å². The Morgan fingerprint density at radius 2 is 1.32 bits per heavy atom. The van der Waals surface area contributed by atoms with Gasteiger partial charge in [0.1, 0.15) is 18.1 Å². The molecule has 34 heavy (non-hydrogen) atoms. The summed E-state index contributed by atoms with van der Waals surface area (Å²) in [6.45, 7) is 5.78. The van der Waals surface area contributed by atoms with Crippen LogP contribution in [0.5, 0.6) is 23.0 Å². The van der Waals surface area contributed by atoms with Gasteiger partial charge in [-0.05, 0) is 90.7 Å². The Morgan fingerprint density at radius 3 is 1.79 bits per heavy atom. The lowest BCUT2D eigenvalue weighted by Crippen LogP contribution is -2.19. The van der Waals surface area contributed by atoms with Gasteiger partial charge in [0.25, 0.3) is 0 Å². The molecule has 0 saturated carbocycles. The SMILES string of the molecule is COc1cc(C(CC(C)C)=C(c2ccc(O)cc2)c2ccc(O)cc2)ccc1OCCN(C)C. The van der Waals surface area contributed by atoms with Crippen LogP contribution in [-0.2, 0) is 0 Å². The number of phenolic OH excluding ortho intramolecular Hbond substituents is 2. The fraction of sp³-hybridized carbons (Fsp3) is 0.310. The second-order valence-corrected chi connectivity index (χ2v) is 9.06. The smallest absolute Gasteiger partial charge is 0.161 e. The highest BCUT2D eigenvalue weighted by Gasteiger charge is 2.18. The first kappa shape index (κ1) is 25.2. The number of hydrogen-bond donors (Lipinski definition) is 2. The molecule has 0 fully saturated rings. The van der Waals surface area contributed by atoms with Crippen molar-refractivity contribution in [1.29, 1.82) is 0 Å². The van der Waals surface area contributed by atoms with E-state index in [4.69, 9.17) is 9.47 Å². The molecular formula is C29H35NO4. The van der Waals surface area contributed by atoms with Gasteiger partial charge in [-0.25, -0.2) is 0 Å². The summed E-state index contributed by atoms with van der Waals surface area (Å²) in [7, 11) is 5.69. The first-order chi connectivity index (χ1) is 16.3. The van der Waals surface area contributed by atoms with Crippen molar-refractivity contribution < 1.29 is 19.7 Å². The Morgan fingerprint density at radius 1 is 0.794 bits per heavy atom. The maximum atomic E-state index is 9.87. The van der Waals surface area contributed by atoms with Gasteiger partial charge in [0.2, 0.25) is 0 Å². The quantitative estimate of drug-likeness (QED) is 0.360. The molecule has 0 aromatic heterocycles. The standard InChI is InChI=1S/C29H35NO4/c1-20(2)18-26(23-10-15-27(28(19-23)33-5)34-17-16-30(3)4)29(21-6-11-24(31)12-7-21)22-8-13-25(32)14-9-22/h6-15,19-20,31-32H,16-18H2,1-5H3. The van der Waals surface area contributed by atoms with Crippen LogP contribution < -0.4 is 9.47 Å². The first-order valence-corrected chi connectivity index (χ1v) is 11.6. The molecule has 3 rings (SSSR count). The van der Waals surface area contributed by atoms with Gasteiger partial charge < -0.3 is 24.6 Å². The highest BCUT2D eigenvalue weighted by molar-refractivity contribution is 5.99. The van der Waals surface area contributed by atoms with E-state index in [0.29, 0.717) is 24.0 Å². The minimum absolute atomic E-state index is 0.222. The van der Waals surface area contributed by atoms with E-state index < -0.39 is 0 Å². The number of ether oxygens (including phenoxy) is 2. The van der Waals surface area contributed by atoms with E-state index in [1.54, 1.807) is 31.4 Å². The van der Waals surface area contributed by atoms with Crippen LogP contribution >= 0.6 is 0 Å². The lowest BCUT2D eigenvalue weighted by atomic mass is 9.85. The minimum atomic E-state index is 0.222. The molecule has 3 aromatic rings. The summed E-state index contributed by atoms with van der Waals surface area (Å²) in [6, 6.07) is 20.6. The van der Waals surface area contributed by atoms with Gasteiger partial charge in [0.15, 0.2) is 11.5 Å². The van der Waals surface area contributed by atoms with Gasteiger partial charge >= 0.3 is 0 Å². The molecule has 0 aliphatic heterocycles. The van der Waals surface area contributed by atoms with Crippen LogP contribution in [0.4, 0.5) is 0 Å². The van der Waals surface area contributed by atoms with Crippen molar-refractivity contribution in [2.45, 2.75) is 20.3 Å². The molecule has 0 radical (unpaired) electrons. The van der Waals surface area contributed by atoms with Crippen LogP contribution in [0, 0.1) is 5.92 Å². The van der Waals surface area contributed by atoms with E-state index in [1.807, 2.05) is 50.5 Å². The van der Waals surface area contributed by atoms with Gasteiger partial charge in [0, 0.05) is 6.54 Å². The number of methoxy groups -OCH3 is 1. The van der Waals surface area contributed by atoms with Crippen molar-refractivity contribution in [1.82, 2.24) is 4.90 Å². The summed E-state index contributed by atoms with van der Waals surface area (Å²) in [5, 5.41) is 19.7. The Hall–Kier alpha value is -3.44. The number of phenols is 2. The molecule has 0 heterocycles. The molecular weight excluding hydrogens is 426 g/mol. The van der Waals surface area contributed by atoms with Gasteiger partial charge in [-0.15, -0.1) is 0 Å². The Labute approximate surface area is 202 Å². The van der Waals surface area contributed by atoms with Crippen LogP contribution in [0.25, 0.3) is 11.1 Å². The monoisotopic (exact) mass is 461 g/mol. The number of likely N-dealkylation sites (N-methyl/N-ethyl adjacent to an activating group) is 1. The molecule has 0 amide bonds. The van der Waals surface area contributed by atoms with Crippen LogP contribution in [0.2, 0.25) is 0 Å². The molecule has 0 aliphatic carbocycles. The molecule has 0 spiro atoms. The molecule has 0 atom stereocenters. The van der Waals surface area contributed by atoms with E-state index in [-0.39, 0.29) is 11.5 Å². The molecule has 0 aliphatic rings. The summed E-state index contributed by atoms with van der Waals surface area (Å²) in [5.74, 6) is 2.25. The van der Waals surface area contributed by atoms with Crippen LogP contribution in [0.15, 0.2) is 66.7 Å². The van der Waals surface area contributed by atoms with Crippen LogP contribution in [0.1, 0.15) is 37.0 Å². The van der Waals surface area contributed by atoms with E-state index in [9.17, 15) is 10.2 Å². The Kier molecular flexibility index (Phi) is 8.61. The average Bonchev–Trinajstić information content (AvgIpc) is 2.80. The van der Waals surface area contributed by atoms with Crippen LogP contribution in [-0.4, -0.2) is 49.5 Å². The van der Waals surface area contributed by atoms with Crippen molar-refractivity contribution in [3.63, 3.8) is 0 Å². The Balaban J connectivity index is 2.18. The highest BCUT2D eigenvalue weighted by atomic mass is 16.5. The zero-order chi connectivity index (χ0) is 24.7. The lowest BCUT2D eigenvalue weighted by molar-refractivity contribution is 0.250. The predicted molar refractivity (Wildman–Crippen MR) is 139 cm³/mol. The maximum absolute atomic E-state index is 9.87.